The maximum absolute atomic E-state index is 11.7. The molecule has 0 radical (unpaired) electrons. The minimum atomic E-state index is -0.175. The zero-order valence-electron chi connectivity index (χ0n) is 12.7. The molecule has 0 spiro atoms. The Hall–Kier alpha value is -0.610. The third kappa shape index (κ3) is 5.91. The quantitative estimate of drug-likeness (QED) is 0.660. The molecule has 0 bridgehead atoms. The van der Waals surface area contributed by atoms with Crippen LogP contribution in [0.1, 0.15) is 52.4 Å². The van der Waals surface area contributed by atoms with Crippen LogP contribution >= 0.6 is 0 Å². The number of hydrogen-bond acceptors (Lipinski definition) is 3. The van der Waals surface area contributed by atoms with Crippen molar-refractivity contribution in [3.63, 3.8) is 0 Å². The van der Waals surface area contributed by atoms with Gasteiger partial charge in [-0.25, -0.2) is 0 Å². The Morgan fingerprint density at radius 3 is 2.26 bits per heavy atom. The average Bonchev–Trinajstić information content (AvgIpc) is 2.67. The van der Waals surface area contributed by atoms with Gasteiger partial charge in [0.15, 0.2) is 0 Å². The molecular weight excluding hydrogens is 238 g/mol. The van der Waals surface area contributed by atoms with E-state index in [4.69, 9.17) is 5.73 Å². The highest BCUT2D eigenvalue weighted by molar-refractivity contribution is 5.80. The molecule has 19 heavy (non-hydrogen) atoms. The largest absolute Gasteiger partial charge is 0.368 e. The van der Waals surface area contributed by atoms with Gasteiger partial charge < -0.3 is 16.0 Å². The molecule has 1 amide bonds. The minimum Gasteiger partial charge on any atom is -0.368 e. The van der Waals surface area contributed by atoms with E-state index in [1.807, 2.05) is 0 Å². The van der Waals surface area contributed by atoms with Gasteiger partial charge >= 0.3 is 0 Å². The molecule has 1 unspecified atom stereocenters. The number of carbonyl (C=O) groups is 1. The smallest absolute Gasteiger partial charge is 0.234 e. The lowest BCUT2D eigenvalue weighted by Gasteiger charge is -2.26. The maximum atomic E-state index is 11.7. The molecule has 0 heterocycles. The molecule has 0 aromatic carbocycles. The highest BCUT2D eigenvalue weighted by Crippen LogP contribution is 2.25. The van der Waals surface area contributed by atoms with Gasteiger partial charge in [0.1, 0.15) is 0 Å². The summed E-state index contributed by atoms with van der Waals surface area (Å²) in [6.07, 6.45) is 7.39. The Balaban J connectivity index is 2.41. The lowest BCUT2D eigenvalue weighted by molar-refractivity contribution is -0.121. The van der Waals surface area contributed by atoms with Crippen LogP contribution < -0.4 is 11.1 Å². The van der Waals surface area contributed by atoms with Crippen LogP contribution in [0.15, 0.2) is 0 Å². The van der Waals surface area contributed by atoms with Crippen LogP contribution in [0.25, 0.3) is 0 Å². The lowest BCUT2D eigenvalue weighted by atomic mass is 9.91. The van der Waals surface area contributed by atoms with Gasteiger partial charge in [0.05, 0.1) is 6.04 Å². The lowest BCUT2D eigenvalue weighted by Crippen LogP contribution is -2.48. The summed E-state index contributed by atoms with van der Waals surface area (Å²) in [7, 11) is 0. The van der Waals surface area contributed by atoms with Crippen LogP contribution in [-0.2, 0) is 4.79 Å². The topological polar surface area (TPSA) is 58.4 Å². The summed E-state index contributed by atoms with van der Waals surface area (Å²) < 4.78 is 0. The molecule has 0 saturated heterocycles. The zero-order valence-corrected chi connectivity index (χ0v) is 12.7. The van der Waals surface area contributed by atoms with E-state index in [-0.39, 0.29) is 11.9 Å². The fourth-order valence-electron chi connectivity index (χ4n) is 3.06. The van der Waals surface area contributed by atoms with Crippen molar-refractivity contribution in [3.05, 3.63) is 0 Å². The summed E-state index contributed by atoms with van der Waals surface area (Å²) in [6.45, 7) is 8.29. The van der Waals surface area contributed by atoms with E-state index in [9.17, 15) is 4.79 Å². The van der Waals surface area contributed by atoms with Crippen LogP contribution in [0, 0.1) is 5.92 Å². The van der Waals surface area contributed by atoms with E-state index in [0.717, 1.165) is 39.0 Å². The molecule has 112 valence electrons. The first kappa shape index (κ1) is 16.4. The van der Waals surface area contributed by atoms with Crippen LogP contribution in [0.4, 0.5) is 0 Å². The van der Waals surface area contributed by atoms with Gasteiger partial charge in [0.25, 0.3) is 0 Å². The first-order chi connectivity index (χ1) is 9.19. The highest BCUT2D eigenvalue weighted by atomic mass is 16.1. The normalized spacial score (nSPS) is 19.3. The predicted molar refractivity (Wildman–Crippen MR) is 80.0 cm³/mol. The van der Waals surface area contributed by atoms with Crippen molar-refractivity contribution < 1.29 is 4.79 Å². The summed E-state index contributed by atoms with van der Waals surface area (Å²) >= 11 is 0. The van der Waals surface area contributed by atoms with Crippen molar-refractivity contribution in [1.29, 1.82) is 0 Å². The Morgan fingerprint density at radius 2 is 1.79 bits per heavy atom. The molecule has 1 rings (SSSR count). The monoisotopic (exact) mass is 269 g/mol. The number of likely N-dealkylation sites (N-methyl/N-ethyl adjacent to an activating group) is 1. The standard InChI is InChI=1S/C15H31N3O/c1-3-18(4-2)12-11-17-14(15(16)19)13-9-7-5-6-8-10-13/h13-14,17H,3-12H2,1-2H3,(H2,16,19). The number of rotatable bonds is 8. The van der Waals surface area contributed by atoms with Crippen molar-refractivity contribution in [1.82, 2.24) is 10.2 Å². The summed E-state index contributed by atoms with van der Waals surface area (Å²) in [5.41, 5.74) is 5.59. The Bertz CT molecular complexity index is 246. The second-order valence-corrected chi connectivity index (χ2v) is 5.61. The summed E-state index contributed by atoms with van der Waals surface area (Å²) in [5, 5.41) is 3.40. The number of carbonyl (C=O) groups excluding carboxylic acids is 1. The number of hydrogen-bond donors (Lipinski definition) is 2. The molecule has 4 heteroatoms. The summed E-state index contributed by atoms with van der Waals surface area (Å²) in [4.78, 5) is 14.0. The fraction of sp³-hybridized carbons (Fsp3) is 0.933. The van der Waals surface area contributed by atoms with Crippen LogP contribution in [0.3, 0.4) is 0 Å². The second kappa shape index (κ2) is 9.32. The Kier molecular flexibility index (Phi) is 8.07. The molecule has 0 aromatic heterocycles. The van der Waals surface area contributed by atoms with E-state index in [1.54, 1.807) is 0 Å². The van der Waals surface area contributed by atoms with E-state index in [1.165, 1.54) is 25.7 Å². The first-order valence-electron chi connectivity index (χ1n) is 7.94. The van der Waals surface area contributed by atoms with Gasteiger partial charge in [-0.1, -0.05) is 39.5 Å². The van der Waals surface area contributed by atoms with Crippen molar-refractivity contribution in [2.75, 3.05) is 26.2 Å². The predicted octanol–water partition coefficient (Wildman–Crippen LogP) is 1.74. The molecule has 1 atom stereocenters. The average molecular weight is 269 g/mol. The highest BCUT2D eigenvalue weighted by Gasteiger charge is 2.26. The molecule has 0 aliphatic heterocycles. The van der Waals surface area contributed by atoms with E-state index >= 15 is 0 Å². The minimum absolute atomic E-state index is 0.131. The second-order valence-electron chi connectivity index (χ2n) is 5.61. The van der Waals surface area contributed by atoms with Crippen LogP contribution in [0.5, 0.6) is 0 Å². The summed E-state index contributed by atoms with van der Waals surface area (Å²) in [5.74, 6) is 0.267. The third-order valence-corrected chi connectivity index (χ3v) is 4.36. The number of nitrogens with zero attached hydrogens (tertiary/aromatic N) is 1. The molecule has 0 aromatic rings. The van der Waals surface area contributed by atoms with Gasteiger partial charge in [-0.2, -0.15) is 0 Å². The number of nitrogens with two attached hydrogens (primary N) is 1. The fourth-order valence-corrected chi connectivity index (χ4v) is 3.06. The molecule has 4 nitrogen and oxygen atoms in total. The summed E-state index contributed by atoms with van der Waals surface area (Å²) in [6, 6.07) is -0.131. The zero-order chi connectivity index (χ0) is 14.1. The maximum Gasteiger partial charge on any atom is 0.234 e. The number of primary amides is 1. The number of amides is 1. The van der Waals surface area contributed by atoms with Crippen molar-refractivity contribution in [2.24, 2.45) is 11.7 Å². The molecule has 1 fully saturated rings. The molecule has 1 aliphatic rings. The van der Waals surface area contributed by atoms with Gasteiger partial charge in [0.2, 0.25) is 5.91 Å². The van der Waals surface area contributed by atoms with Gasteiger partial charge in [-0.05, 0) is 31.8 Å². The van der Waals surface area contributed by atoms with Gasteiger partial charge in [-0.15, -0.1) is 0 Å². The van der Waals surface area contributed by atoms with E-state index in [2.05, 4.69) is 24.1 Å². The van der Waals surface area contributed by atoms with Gasteiger partial charge in [-0.3, -0.25) is 4.79 Å². The van der Waals surface area contributed by atoms with Crippen molar-refractivity contribution in [3.8, 4) is 0 Å². The molecule has 1 saturated carbocycles. The van der Waals surface area contributed by atoms with Crippen molar-refractivity contribution >= 4 is 5.91 Å². The first-order valence-corrected chi connectivity index (χ1v) is 7.94. The number of nitrogens with one attached hydrogen (secondary N) is 1. The SMILES string of the molecule is CCN(CC)CCNC(C(N)=O)C1CCCCCC1. The molecule has 1 aliphatic carbocycles. The Morgan fingerprint density at radius 1 is 1.21 bits per heavy atom. The molecule has 3 N–H and O–H groups in total. The van der Waals surface area contributed by atoms with E-state index in [0.29, 0.717) is 5.92 Å². The van der Waals surface area contributed by atoms with Gasteiger partial charge in [0, 0.05) is 13.1 Å². The van der Waals surface area contributed by atoms with Crippen LogP contribution in [-0.4, -0.2) is 43.0 Å². The third-order valence-electron chi connectivity index (χ3n) is 4.36. The Labute approximate surface area is 118 Å². The van der Waals surface area contributed by atoms with Crippen molar-refractivity contribution in [2.45, 2.75) is 58.4 Å². The molecular formula is C15H31N3O. The van der Waals surface area contributed by atoms with E-state index < -0.39 is 0 Å². The van der Waals surface area contributed by atoms with Crippen LogP contribution in [0.2, 0.25) is 0 Å².